The average molecular weight is 262 g/mol. The number of benzene rings is 1. The number of nitrogens with two attached hydrogens (primary N) is 1. The zero-order valence-corrected chi connectivity index (χ0v) is 10.5. The number of nitrogens with zero attached hydrogens (tertiary/aromatic N) is 1. The number of anilines is 2. The van der Waals surface area contributed by atoms with Gasteiger partial charge in [0.15, 0.2) is 0 Å². The molecular formula is C13H12ClN3O. The van der Waals surface area contributed by atoms with E-state index in [1.54, 1.807) is 24.3 Å². The molecule has 4 nitrogen and oxygen atoms in total. The molecule has 0 fully saturated rings. The summed E-state index contributed by atoms with van der Waals surface area (Å²) in [6.07, 6.45) is 1.50. The highest BCUT2D eigenvalue weighted by Crippen LogP contribution is 2.20. The van der Waals surface area contributed by atoms with E-state index in [0.717, 1.165) is 11.3 Å². The van der Waals surface area contributed by atoms with Gasteiger partial charge in [-0.25, -0.2) is 4.98 Å². The van der Waals surface area contributed by atoms with Gasteiger partial charge in [0.2, 0.25) is 0 Å². The van der Waals surface area contributed by atoms with Crippen molar-refractivity contribution in [1.29, 1.82) is 0 Å². The van der Waals surface area contributed by atoms with Crippen molar-refractivity contribution in [2.75, 3.05) is 11.1 Å². The lowest BCUT2D eigenvalue weighted by Gasteiger charge is -2.08. The van der Waals surface area contributed by atoms with Crippen molar-refractivity contribution in [3.63, 3.8) is 0 Å². The molecule has 0 atom stereocenters. The number of pyridine rings is 1. The summed E-state index contributed by atoms with van der Waals surface area (Å²) in [5.74, 6) is 0.0880. The molecule has 0 spiro atoms. The minimum absolute atomic E-state index is 0.227. The van der Waals surface area contributed by atoms with Crippen molar-refractivity contribution in [1.82, 2.24) is 4.98 Å². The number of halogens is 1. The lowest BCUT2D eigenvalue weighted by molar-refractivity contribution is 0.102. The third kappa shape index (κ3) is 2.78. The van der Waals surface area contributed by atoms with Crippen LogP contribution < -0.4 is 11.1 Å². The van der Waals surface area contributed by atoms with Gasteiger partial charge in [-0.15, -0.1) is 0 Å². The predicted molar refractivity (Wildman–Crippen MR) is 72.8 cm³/mol. The van der Waals surface area contributed by atoms with E-state index < -0.39 is 0 Å². The minimum atomic E-state index is -0.227. The largest absolute Gasteiger partial charge is 0.384 e. The first-order valence-corrected chi connectivity index (χ1v) is 5.73. The predicted octanol–water partition coefficient (Wildman–Crippen LogP) is 2.88. The Labute approximate surface area is 110 Å². The van der Waals surface area contributed by atoms with Crippen molar-refractivity contribution in [2.24, 2.45) is 0 Å². The topological polar surface area (TPSA) is 68.0 Å². The van der Waals surface area contributed by atoms with Crippen molar-refractivity contribution < 1.29 is 4.79 Å². The number of rotatable bonds is 2. The van der Waals surface area contributed by atoms with Crippen molar-refractivity contribution in [3.8, 4) is 0 Å². The second-order valence-electron chi connectivity index (χ2n) is 3.88. The molecule has 2 rings (SSSR count). The molecule has 1 aromatic carbocycles. The van der Waals surface area contributed by atoms with Gasteiger partial charge in [0.1, 0.15) is 5.82 Å². The Morgan fingerprint density at radius 3 is 2.78 bits per heavy atom. The van der Waals surface area contributed by atoms with Crippen LogP contribution in [0.3, 0.4) is 0 Å². The normalized spacial score (nSPS) is 10.1. The van der Waals surface area contributed by atoms with Crippen LogP contribution >= 0.6 is 11.6 Å². The fourth-order valence-electron chi connectivity index (χ4n) is 1.55. The molecule has 0 saturated heterocycles. The van der Waals surface area contributed by atoms with Crippen LogP contribution in [0.5, 0.6) is 0 Å². The van der Waals surface area contributed by atoms with E-state index in [1.807, 2.05) is 6.92 Å². The highest BCUT2D eigenvalue weighted by molar-refractivity contribution is 6.30. The van der Waals surface area contributed by atoms with Crippen molar-refractivity contribution in [2.45, 2.75) is 6.92 Å². The fraction of sp³-hybridized carbons (Fsp3) is 0.0769. The van der Waals surface area contributed by atoms with Gasteiger partial charge >= 0.3 is 0 Å². The molecule has 0 aliphatic heterocycles. The quantitative estimate of drug-likeness (QED) is 0.873. The third-order valence-corrected chi connectivity index (χ3v) is 2.72. The summed E-state index contributed by atoms with van der Waals surface area (Å²) in [4.78, 5) is 15.8. The summed E-state index contributed by atoms with van der Waals surface area (Å²) in [7, 11) is 0. The molecule has 1 aromatic heterocycles. The molecule has 1 heterocycles. The fourth-order valence-corrected chi connectivity index (χ4v) is 1.78. The number of hydrogen-bond donors (Lipinski definition) is 2. The molecule has 92 valence electrons. The first-order chi connectivity index (χ1) is 8.56. The Hall–Kier alpha value is -2.07. The zero-order chi connectivity index (χ0) is 13.1. The number of amides is 1. The van der Waals surface area contributed by atoms with Crippen LogP contribution in [-0.2, 0) is 0 Å². The van der Waals surface area contributed by atoms with Gasteiger partial charge in [0, 0.05) is 22.5 Å². The number of nitrogen functional groups attached to an aromatic ring is 1. The van der Waals surface area contributed by atoms with Crippen LogP contribution in [0.15, 0.2) is 36.5 Å². The van der Waals surface area contributed by atoms with Crippen LogP contribution in [-0.4, -0.2) is 10.9 Å². The average Bonchev–Trinajstić information content (AvgIpc) is 2.32. The maximum absolute atomic E-state index is 12.0. The molecular weight excluding hydrogens is 250 g/mol. The second kappa shape index (κ2) is 5.06. The van der Waals surface area contributed by atoms with Crippen LogP contribution in [0.4, 0.5) is 11.5 Å². The number of aryl methyl sites for hydroxylation is 1. The monoisotopic (exact) mass is 261 g/mol. The molecule has 0 bridgehead atoms. The molecule has 3 N–H and O–H groups in total. The molecule has 0 unspecified atom stereocenters. The van der Waals surface area contributed by atoms with E-state index in [4.69, 9.17) is 17.3 Å². The second-order valence-corrected chi connectivity index (χ2v) is 4.32. The minimum Gasteiger partial charge on any atom is -0.384 e. The van der Waals surface area contributed by atoms with Gasteiger partial charge in [-0.1, -0.05) is 11.6 Å². The molecule has 1 amide bonds. The number of aromatic nitrogens is 1. The Morgan fingerprint density at radius 2 is 2.11 bits per heavy atom. The summed E-state index contributed by atoms with van der Waals surface area (Å²) >= 11 is 5.85. The summed E-state index contributed by atoms with van der Waals surface area (Å²) in [6, 6.07) is 8.42. The smallest absolute Gasteiger partial charge is 0.255 e. The van der Waals surface area contributed by atoms with Gasteiger partial charge in [-0.2, -0.15) is 0 Å². The first kappa shape index (κ1) is 12.4. The van der Waals surface area contributed by atoms with Gasteiger partial charge in [-0.05, 0) is 42.8 Å². The van der Waals surface area contributed by atoms with Crippen LogP contribution in [0.25, 0.3) is 0 Å². The van der Waals surface area contributed by atoms with Gasteiger partial charge in [-0.3, -0.25) is 4.79 Å². The lowest BCUT2D eigenvalue weighted by Crippen LogP contribution is -2.13. The van der Waals surface area contributed by atoms with Crippen LogP contribution in [0, 0.1) is 6.92 Å². The van der Waals surface area contributed by atoms with Crippen LogP contribution in [0.2, 0.25) is 5.02 Å². The van der Waals surface area contributed by atoms with E-state index in [2.05, 4.69) is 10.3 Å². The number of carbonyl (C=O) groups excluding carboxylic acids is 1. The molecule has 18 heavy (non-hydrogen) atoms. The molecule has 2 aromatic rings. The Bertz CT molecular complexity index is 599. The van der Waals surface area contributed by atoms with Gasteiger partial charge in [0.05, 0.1) is 0 Å². The maximum Gasteiger partial charge on any atom is 0.255 e. The first-order valence-electron chi connectivity index (χ1n) is 5.35. The van der Waals surface area contributed by atoms with E-state index >= 15 is 0 Å². The van der Waals surface area contributed by atoms with E-state index in [9.17, 15) is 4.79 Å². The maximum atomic E-state index is 12.0. The Balaban J connectivity index is 2.21. The highest BCUT2D eigenvalue weighted by Gasteiger charge is 2.08. The molecule has 0 radical (unpaired) electrons. The summed E-state index contributed by atoms with van der Waals surface area (Å²) in [6.45, 7) is 1.88. The number of carbonyl (C=O) groups is 1. The van der Waals surface area contributed by atoms with E-state index in [1.165, 1.54) is 12.3 Å². The molecule has 0 aliphatic carbocycles. The lowest BCUT2D eigenvalue weighted by atomic mass is 10.2. The number of hydrogen-bond acceptors (Lipinski definition) is 3. The Kier molecular flexibility index (Phi) is 3.48. The van der Waals surface area contributed by atoms with Crippen molar-refractivity contribution >= 4 is 29.0 Å². The van der Waals surface area contributed by atoms with Gasteiger partial charge in [0.25, 0.3) is 5.91 Å². The summed E-state index contributed by atoms with van der Waals surface area (Å²) in [5.41, 5.74) is 7.62. The third-order valence-electron chi connectivity index (χ3n) is 2.48. The van der Waals surface area contributed by atoms with Crippen LogP contribution in [0.1, 0.15) is 15.9 Å². The zero-order valence-electron chi connectivity index (χ0n) is 9.77. The van der Waals surface area contributed by atoms with Gasteiger partial charge < -0.3 is 11.1 Å². The molecule has 5 heteroatoms. The van der Waals surface area contributed by atoms with E-state index in [-0.39, 0.29) is 5.91 Å². The van der Waals surface area contributed by atoms with Crippen molar-refractivity contribution in [3.05, 3.63) is 52.7 Å². The summed E-state index contributed by atoms with van der Waals surface area (Å²) in [5, 5.41) is 3.44. The number of nitrogens with one attached hydrogen (secondary N) is 1. The molecule has 0 saturated carbocycles. The van der Waals surface area contributed by atoms with E-state index in [0.29, 0.717) is 16.4 Å². The SMILES string of the molecule is Cc1cc(Cl)ccc1NC(=O)c1ccnc(N)c1. The standard InChI is InChI=1S/C13H12ClN3O/c1-8-6-10(14)2-3-11(8)17-13(18)9-4-5-16-12(15)7-9/h2-7H,1H3,(H2,15,16)(H,17,18). The highest BCUT2D eigenvalue weighted by atomic mass is 35.5. The Morgan fingerprint density at radius 1 is 1.33 bits per heavy atom. The molecule has 0 aliphatic rings. The summed E-state index contributed by atoms with van der Waals surface area (Å²) < 4.78 is 0.